The lowest BCUT2D eigenvalue weighted by Gasteiger charge is -2.33. The van der Waals surface area contributed by atoms with Crippen molar-refractivity contribution in [1.29, 1.82) is 0 Å². The van der Waals surface area contributed by atoms with E-state index in [0.717, 1.165) is 43.8 Å². The van der Waals surface area contributed by atoms with Gasteiger partial charge in [-0.05, 0) is 30.5 Å². The lowest BCUT2D eigenvalue weighted by atomic mass is 9.84. The van der Waals surface area contributed by atoms with E-state index in [1.165, 1.54) is 12.0 Å². The van der Waals surface area contributed by atoms with E-state index in [4.69, 9.17) is 11.6 Å². The van der Waals surface area contributed by atoms with Crippen LogP contribution in [0.3, 0.4) is 0 Å². The molecule has 0 radical (unpaired) electrons. The molecule has 5 heteroatoms. The summed E-state index contributed by atoms with van der Waals surface area (Å²) >= 11 is 5.96. The second-order valence-corrected chi connectivity index (χ2v) is 7.17. The number of hydrogen-bond donors (Lipinski definition) is 4. The minimum Gasteiger partial charge on any atom is -0.389 e. The molecule has 122 valence electrons. The van der Waals surface area contributed by atoms with E-state index >= 15 is 0 Å². The minimum absolute atomic E-state index is 0.283. The zero-order chi connectivity index (χ0) is 15.4. The molecule has 1 aromatic rings. The topological polar surface area (TPSA) is 56.3 Å². The Hall–Kier alpha value is -0.650. The predicted octanol–water partition coefficient (Wildman–Crippen LogP) is 2.39. The Labute approximate surface area is 137 Å². The highest BCUT2D eigenvalue weighted by Gasteiger charge is 2.31. The number of hydrogen-bond acceptors (Lipinski definition) is 4. The standard InChI is InChI=1S/C17H26ClN3O/c18-15-6-4-13(5-7-15)16-14(11-20-21-16)10-19-12-17(22)8-2-1-3-9-17/h4-7,14,16,19-22H,1-3,8-12H2. The Morgan fingerprint density at radius 1 is 1.18 bits per heavy atom. The lowest BCUT2D eigenvalue weighted by molar-refractivity contribution is 0.00431. The van der Waals surface area contributed by atoms with E-state index in [9.17, 15) is 5.11 Å². The summed E-state index contributed by atoms with van der Waals surface area (Å²) < 4.78 is 0. The van der Waals surface area contributed by atoms with Gasteiger partial charge in [-0.1, -0.05) is 43.0 Å². The van der Waals surface area contributed by atoms with Crippen molar-refractivity contribution in [3.8, 4) is 0 Å². The monoisotopic (exact) mass is 323 g/mol. The largest absolute Gasteiger partial charge is 0.389 e. The number of aliphatic hydroxyl groups is 1. The highest BCUT2D eigenvalue weighted by molar-refractivity contribution is 6.30. The Kier molecular flexibility index (Phi) is 5.37. The molecule has 1 aromatic carbocycles. The molecular weight excluding hydrogens is 298 g/mol. The van der Waals surface area contributed by atoms with Crippen molar-refractivity contribution in [2.45, 2.75) is 43.7 Å². The SMILES string of the molecule is OC1(CNCC2CNNC2c2ccc(Cl)cc2)CCCCC1. The van der Waals surface area contributed by atoms with Crippen LogP contribution < -0.4 is 16.2 Å². The molecular formula is C17H26ClN3O. The van der Waals surface area contributed by atoms with Gasteiger partial charge in [0, 0.05) is 30.6 Å². The average molecular weight is 324 g/mol. The summed E-state index contributed by atoms with van der Waals surface area (Å²) in [7, 11) is 0. The van der Waals surface area contributed by atoms with Gasteiger partial charge in [0.1, 0.15) is 0 Å². The molecule has 0 amide bonds. The van der Waals surface area contributed by atoms with Crippen LogP contribution in [0.4, 0.5) is 0 Å². The van der Waals surface area contributed by atoms with Gasteiger partial charge in [-0.2, -0.15) is 0 Å². The minimum atomic E-state index is -0.493. The fourth-order valence-corrected chi connectivity index (χ4v) is 3.75. The molecule has 4 N–H and O–H groups in total. The van der Waals surface area contributed by atoms with Crippen LogP contribution in [0.5, 0.6) is 0 Å². The van der Waals surface area contributed by atoms with Gasteiger partial charge in [-0.25, -0.2) is 5.43 Å². The van der Waals surface area contributed by atoms with Gasteiger partial charge in [0.15, 0.2) is 0 Å². The molecule has 1 aliphatic carbocycles. The summed E-state index contributed by atoms with van der Waals surface area (Å²) in [5.74, 6) is 0.466. The van der Waals surface area contributed by atoms with Gasteiger partial charge < -0.3 is 10.4 Å². The molecule has 1 heterocycles. The van der Waals surface area contributed by atoms with Crippen molar-refractivity contribution >= 4 is 11.6 Å². The predicted molar refractivity (Wildman–Crippen MR) is 89.7 cm³/mol. The van der Waals surface area contributed by atoms with Crippen LogP contribution in [0, 0.1) is 5.92 Å². The third-order valence-corrected chi connectivity index (χ3v) is 5.22. The molecule has 2 aliphatic rings. The first-order chi connectivity index (χ1) is 10.7. The lowest BCUT2D eigenvalue weighted by Crippen LogP contribution is -2.44. The molecule has 22 heavy (non-hydrogen) atoms. The summed E-state index contributed by atoms with van der Waals surface area (Å²) in [5, 5.41) is 14.8. The number of benzene rings is 1. The highest BCUT2D eigenvalue weighted by Crippen LogP contribution is 2.28. The molecule has 1 saturated carbocycles. The molecule has 0 aromatic heterocycles. The maximum atomic E-state index is 10.6. The zero-order valence-electron chi connectivity index (χ0n) is 12.9. The molecule has 4 nitrogen and oxygen atoms in total. The molecule has 0 bridgehead atoms. The van der Waals surface area contributed by atoms with E-state index in [2.05, 4.69) is 28.3 Å². The van der Waals surface area contributed by atoms with E-state index < -0.39 is 5.60 Å². The molecule has 3 rings (SSSR count). The highest BCUT2D eigenvalue weighted by atomic mass is 35.5. The summed E-state index contributed by atoms with van der Waals surface area (Å²) in [6, 6.07) is 8.31. The smallest absolute Gasteiger partial charge is 0.0771 e. The van der Waals surface area contributed by atoms with Crippen LogP contribution in [-0.2, 0) is 0 Å². The maximum Gasteiger partial charge on any atom is 0.0771 e. The van der Waals surface area contributed by atoms with Gasteiger partial charge in [-0.15, -0.1) is 0 Å². The van der Waals surface area contributed by atoms with Crippen molar-refractivity contribution in [2.24, 2.45) is 5.92 Å². The van der Waals surface area contributed by atoms with Gasteiger partial charge in [0.05, 0.1) is 11.6 Å². The van der Waals surface area contributed by atoms with Crippen molar-refractivity contribution in [3.05, 3.63) is 34.9 Å². The molecule has 0 spiro atoms. The fraction of sp³-hybridized carbons (Fsp3) is 0.647. The van der Waals surface area contributed by atoms with Crippen LogP contribution in [0.25, 0.3) is 0 Å². The molecule has 1 aliphatic heterocycles. The van der Waals surface area contributed by atoms with E-state index in [1.807, 2.05) is 12.1 Å². The van der Waals surface area contributed by atoms with Crippen LogP contribution in [0.1, 0.15) is 43.7 Å². The van der Waals surface area contributed by atoms with Crippen LogP contribution in [0.2, 0.25) is 5.02 Å². The number of halogens is 1. The van der Waals surface area contributed by atoms with Crippen molar-refractivity contribution < 1.29 is 5.11 Å². The normalized spacial score (nSPS) is 27.9. The van der Waals surface area contributed by atoms with E-state index in [-0.39, 0.29) is 6.04 Å². The van der Waals surface area contributed by atoms with Crippen LogP contribution in [-0.4, -0.2) is 30.3 Å². The van der Waals surface area contributed by atoms with Gasteiger partial charge in [0.2, 0.25) is 0 Å². The number of rotatable bonds is 5. The fourth-order valence-electron chi connectivity index (χ4n) is 3.63. The van der Waals surface area contributed by atoms with Crippen LogP contribution in [0.15, 0.2) is 24.3 Å². The summed E-state index contributed by atoms with van der Waals surface area (Å²) in [4.78, 5) is 0. The number of hydrazine groups is 1. The van der Waals surface area contributed by atoms with Crippen molar-refractivity contribution in [2.75, 3.05) is 19.6 Å². The Balaban J connectivity index is 1.52. The second-order valence-electron chi connectivity index (χ2n) is 6.73. The third kappa shape index (κ3) is 4.00. The second kappa shape index (κ2) is 7.28. The van der Waals surface area contributed by atoms with Crippen molar-refractivity contribution in [3.63, 3.8) is 0 Å². The third-order valence-electron chi connectivity index (χ3n) is 4.97. The molecule has 2 unspecified atom stereocenters. The van der Waals surface area contributed by atoms with Gasteiger partial charge in [-0.3, -0.25) is 5.43 Å². The van der Waals surface area contributed by atoms with Crippen LogP contribution >= 0.6 is 11.6 Å². The maximum absolute atomic E-state index is 10.6. The van der Waals surface area contributed by atoms with E-state index in [0.29, 0.717) is 12.5 Å². The zero-order valence-corrected chi connectivity index (χ0v) is 13.7. The Morgan fingerprint density at radius 3 is 2.64 bits per heavy atom. The Morgan fingerprint density at radius 2 is 1.91 bits per heavy atom. The quantitative estimate of drug-likeness (QED) is 0.672. The molecule has 2 atom stereocenters. The first-order valence-corrected chi connectivity index (χ1v) is 8.71. The first-order valence-electron chi connectivity index (χ1n) is 8.33. The van der Waals surface area contributed by atoms with E-state index in [1.54, 1.807) is 0 Å². The summed E-state index contributed by atoms with van der Waals surface area (Å²) in [6.45, 7) is 2.53. The number of nitrogens with one attached hydrogen (secondary N) is 3. The average Bonchev–Trinajstić information content (AvgIpc) is 2.97. The first kappa shape index (κ1) is 16.2. The van der Waals surface area contributed by atoms with Crippen molar-refractivity contribution in [1.82, 2.24) is 16.2 Å². The van der Waals surface area contributed by atoms with Gasteiger partial charge >= 0.3 is 0 Å². The molecule has 2 fully saturated rings. The Bertz CT molecular complexity index is 473. The molecule has 1 saturated heterocycles. The van der Waals surface area contributed by atoms with Gasteiger partial charge in [0.25, 0.3) is 0 Å². The summed E-state index contributed by atoms with van der Waals surface area (Å²) in [5.41, 5.74) is 7.35. The summed E-state index contributed by atoms with van der Waals surface area (Å²) in [6.07, 6.45) is 5.43.